The van der Waals surface area contributed by atoms with Crippen LogP contribution in [0.15, 0.2) is 23.1 Å². The molecule has 0 aliphatic rings. The van der Waals surface area contributed by atoms with Crippen molar-refractivity contribution >= 4 is 0 Å². The monoisotopic (exact) mass is 176 g/mol. The number of rotatable bonds is 3. The Morgan fingerprint density at radius 3 is 2.92 bits per heavy atom. The van der Waals surface area contributed by atoms with Crippen molar-refractivity contribution < 1.29 is 0 Å². The summed E-state index contributed by atoms with van der Waals surface area (Å²) >= 11 is 0. The van der Waals surface area contributed by atoms with E-state index in [1.54, 1.807) is 16.8 Å². The molecule has 3 nitrogen and oxygen atoms in total. The standard InChI is InChI=1S/C10H12N2O/c1-2-3-6-12-8-9(7-11)4-5-10(12)13/h4-5,8H,2-3,6H2,1H3. The molecule has 0 aliphatic heterocycles. The lowest BCUT2D eigenvalue weighted by Crippen LogP contribution is -2.18. The summed E-state index contributed by atoms with van der Waals surface area (Å²) in [5, 5.41) is 8.61. The first kappa shape index (κ1) is 9.53. The smallest absolute Gasteiger partial charge is 0.250 e. The van der Waals surface area contributed by atoms with Crippen molar-refractivity contribution in [3.05, 3.63) is 34.2 Å². The third-order valence-corrected chi connectivity index (χ3v) is 1.87. The second-order valence-electron chi connectivity index (χ2n) is 2.91. The number of hydrogen-bond acceptors (Lipinski definition) is 2. The van der Waals surface area contributed by atoms with E-state index in [4.69, 9.17) is 5.26 Å². The minimum absolute atomic E-state index is 0.0348. The first-order valence-corrected chi connectivity index (χ1v) is 4.38. The lowest BCUT2D eigenvalue weighted by atomic mass is 10.3. The SMILES string of the molecule is CCCCn1cc(C#N)ccc1=O. The van der Waals surface area contributed by atoms with Gasteiger partial charge in [-0.05, 0) is 12.5 Å². The van der Waals surface area contributed by atoms with Crippen LogP contribution < -0.4 is 5.56 Å². The molecule has 0 atom stereocenters. The normalized spacial score (nSPS) is 9.54. The summed E-state index contributed by atoms with van der Waals surface area (Å²) in [5.74, 6) is 0. The van der Waals surface area contributed by atoms with E-state index < -0.39 is 0 Å². The number of aryl methyl sites for hydroxylation is 1. The van der Waals surface area contributed by atoms with Crippen molar-refractivity contribution in [2.45, 2.75) is 26.3 Å². The second-order valence-corrected chi connectivity index (χ2v) is 2.91. The molecule has 0 N–H and O–H groups in total. The molecule has 1 heterocycles. The largest absolute Gasteiger partial charge is 0.314 e. The first-order valence-electron chi connectivity index (χ1n) is 4.38. The third kappa shape index (κ3) is 2.45. The van der Waals surface area contributed by atoms with Crippen molar-refractivity contribution in [2.75, 3.05) is 0 Å². The Morgan fingerprint density at radius 2 is 2.31 bits per heavy atom. The minimum atomic E-state index is -0.0348. The van der Waals surface area contributed by atoms with Gasteiger partial charge in [0.2, 0.25) is 0 Å². The highest BCUT2D eigenvalue weighted by Gasteiger charge is 1.96. The lowest BCUT2D eigenvalue weighted by molar-refractivity contribution is 0.612. The summed E-state index contributed by atoms with van der Waals surface area (Å²) in [4.78, 5) is 11.2. The Kier molecular flexibility index (Phi) is 3.27. The third-order valence-electron chi connectivity index (χ3n) is 1.87. The highest BCUT2D eigenvalue weighted by Crippen LogP contribution is 1.95. The van der Waals surface area contributed by atoms with Crippen molar-refractivity contribution in [3.8, 4) is 6.07 Å². The summed E-state index contributed by atoms with van der Waals surface area (Å²) in [6.07, 6.45) is 3.62. The summed E-state index contributed by atoms with van der Waals surface area (Å²) in [7, 11) is 0. The molecule has 0 bridgehead atoms. The Hall–Kier alpha value is -1.56. The molecule has 1 aromatic rings. The molecule has 0 amide bonds. The van der Waals surface area contributed by atoms with Gasteiger partial charge in [0.1, 0.15) is 6.07 Å². The Balaban J connectivity index is 2.92. The molecular formula is C10H12N2O. The van der Waals surface area contributed by atoms with E-state index in [0.717, 1.165) is 12.8 Å². The maximum Gasteiger partial charge on any atom is 0.250 e. The van der Waals surface area contributed by atoms with E-state index in [1.807, 2.05) is 6.07 Å². The molecule has 0 unspecified atom stereocenters. The van der Waals surface area contributed by atoms with Crippen LogP contribution in [-0.4, -0.2) is 4.57 Å². The van der Waals surface area contributed by atoms with E-state index in [1.165, 1.54) is 6.07 Å². The number of aromatic nitrogens is 1. The number of hydrogen-bond donors (Lipinski definition) is 0. The van der Waals surface area contributed by atoms with Crippen LogP contribution >= 0.6 is 0 Å². The molecule has 0 aliphatic carbocycles. The average molecular weight is 176 g/mol. The molecule has 0 spiro atoms. The maximum absolute atomic E-state index is 11.2. The van der Waals surface area contributed by atoms with Crippen molar-refractivity contribution in [2.24, 2.45) is 0 Å². The van der Waals surface area contributed by atoms with Crippen LogP contribution in [0.1, 0.15) is 25.3 Å². The molecule has 0 saturated heterocycles. The van der Waals surface area contributed by atoms with Gasteiger partial charge >= 0.3 is 0 Å². The van der Waals surface area contributed by atoms with Gasteiger partial charge in [-0.25, -0.2) is 0 Å². The summed E-state index contributed by atoms with van der Waals surface area (Å²) < 4.78 is 1.59. The van der Waals surface area contributed by atoms with Crippen LogP contribution in [0, 0.1) is 11.3 Å². The highest BCUT2D eigenvalue weighted by atomic mass is 16.1. The van der Waals surface area contributed by atoms with Gasteiger partial charge in [-0.2, -0.15) is 5.26 Å². The van der Waals surface area contributed by atoms with E-state index in [0.29, 0.717) is 12.1 Å². The van der Waals surface area contributed by atoms with Gasteiger partial charge in [-0.15, -0.1) is 0 Å². The van der Waals surface area contributed by atoms with Gasteiger partial charge in [-0.1, -0.05) is 13.3 Å². The molecule has 3 heteroatoms. The molecule has 68 valence electrons. The zero-order valence-electron chi connectivity index (χ0n) is 7.66. The Labute approximate surface area is 77.2 Å². The highest BCUT2D eigenvalue weighted by molar-refractivity contribution is 5.24. The van der Waals surface area contributed by atoms with Gasteiger partial charge in [0, 0.05) is 18.8 Å². The van der Waals surface area contributed by atoms with Crippen LogP contribution in [0.2, 0.25) is 0 Å². The van der Waals surface area contributed by atoms with Gasteiger partial charge < -0.3 is 4.57 Å². The molecule has 1 rings (SSSR count). The Bertz CT molecular complexity index is 373. The van der Waals surface area contributed by atoms with Gasteiger partial charge in [0.15, 0.2) is 0 Å². The van der Waals surface area contributed by atoms with Crippen molar-refractivity contribution in [3.63, 3.8) is 0 Å². The van der Waals surface area contributed by atoms with E-state index >= 15 is 0 Å². The first-order chi connectivity index (χ1) is 6.27. The zero-order valence-corrected chi connectivity index (χ0v) is 7.66. The number of nitriles is 1. The molecule has 13 heavy (non-hydrogen) atoms. The molecule has 0 aromatic carbocycles. The summed E-state index contributed by atoms with van der Waals surface area (Å²) in [6, 6.07) is 5.00. The fourth-order valence-electron chi connectivity index (χ4n) is 1.10. The maximum atomic E-state index is 11.2. The lowest BCUT2D eigenvalue weighted by Gasteiger charge is -2.03. The molecular weight excluding hydrogens is 164 g/mol. The van der Waals surface area contributed by atoms with Crippen LogP contribution in [-0.2, 0) is 6.54 Å². The number of unbranched alkanes of at least 4 members (excludes halogenated alkanes) is 1. The van der Waals surface area contributed by atoms with Crippen LogP contribution in [0.4, 0.5) is 0 Å². The quantitative estimate of drug-likeness (QED) is 0.701. The topological polar surface area (TPSA) is 45.8 Å². The van der Waals surface area contributed by atoms with Crippen molar-refractivity contribution in [1.82, 2.24) is 4.57 Å². The molecule has 0 fully saturated rings. The fourth-order valence-corrected chi connectivity index (χ4v) is 1.10. The minimum Gasteiger partial charge on any atom is -0.314 e. The zero-order chi connectivity index (χ0) is 9.68. The van der Waals surface area contributed by atoms with Gasteiger partial charge in [-0.3, -0.25) is 4.79 Å². The van der Waals surface area contributed by atoms with Gasteiger partial charge in [0.05, 0.1) is 5.56 Å². The molecule has 1 aromatic heterocycles. The fraction of sp³-hybridized carbons (Fsp3) is 0.400. The number of nitrogens with zero attached hydrogens (tertiary/aromatic N) is 2. The predicted octanol–water partition coefficient (Wildman–Crippen LogP) is 1.52. The van der Waals surface area contributed by atoms with Crippen LogP contribution in [0.5, 0.6) is 0 Å². The summed E-state index contributed by atoms with van der Waals surface area (Å²) in [5.41, 5.74) is 0.503. The van der Waals surface area contributed by atoms with Crippen LogP contribution in [0.3, 0.4) is 0 Å². The molecule has 0 radical (unpaired) electrons. The van der Waals surface area contributed by atoms with E-state index in [2.05, 4.69) is 6.92 Å². The second kappa shape index (κ2) is 4.46. The number of pyridine rings is 1. The predicted molar refractivity (Wildman–Crippen MR) is 50.3 cm³/mol. The van der Waals surface area contributed by atoms with E-state index in [9.17, 15) is 4.79 Å². The average Bonchev–Trinajstić information content (AvgIpc) is 2.17. The van der Waals surface area contributed by atoms with E-state index in [-0.39, 0.29) is 5.56 Å². The van der Waals surface area contributed by atoms with Gasteiger partial charge in [0.25, 0.3) is 5.56 Å². The molecule has 0 saturated carbocycles. The Morgan fingerprint density at radius 1 is 1.54 bits per heavy atom. The summed E-state index contributed by atoms with van der Waals surface area (Å²) in [6.45, 7) is 2.77. The van der Waals surface area contributed by atoms with Crippen LogP contribution in [0.25, 0.3) is 0 Å². The van der Waals surface area contributed by atoms with Crippen molar-refractivity contribution in [1.29, 1.82) is 5.26 Å².